The number of nitrogens with two attached hydrogens (primary N) is 1. The van der Waals surface area contributed by atoms with Crippen LogP contribution in [0.2, 0.25) is 0 Å². The van der Waals surface area contributed by atoms with E-state index in [1.165, 1.54) is 0 Å². The molecule has 0 aliphatic carbocycles. The second-order valence-electron chi connectivity index (χ2n) is 6.89. The Morgan fingerprint density at radius 1 is 1.13 bits per heavy atom. The predicted molar refractivity (Wildman–Crippen MR) is 123 cm³/mol. The summed E-state index contributed by atoms with van der Waals surface area (Å²) in [6.45, 7) is 2.97. The molecule has 9 heteroatoms. The number of hydrogen-bond acceptors (Lipinski definition) is 6. The summed E-state index contributed by atoms with van der Waals surface area (Å²) in [7, 11) is -3.76. The monoisotopic (exact) mass is 458 g/mol. The van der Waals surface area contributed by atoms with Crippen molar-refractivity contribution >= 4 is 44.2 Å². The minimum absolute atomic E-state index is 0.0821. The summed E-state index contributed by atoms with van der Waals surface area (Å²) in [5.74, 6) is 0.695. The summed E-state index contributed by atoms with van der Waals surface area (Å²) in [6, 6.07) is 15.0. The van der Waals surface area contributed by atoms with Crippen molar-refractivity contribution in [2.75, 3.05) is 0 Å². The molecule has 2 aromatic carbocycles. The molecule has 2 heterocycles. The van der Waals surface area contributed by atoms with Crippen LogP contribution in [0.3, 0.4) is 0 Å². The van der Waals surface area contributed by atoms with E-state index in [0.717, 1.165) is 46.3 Å². The summed E-state index contributed by atoms with van der Waals surface area (Å²) >= 11 is 3.25. The highest BCUT2D eigenvalue weighted by Gasteiger charge is 2.16. The van der Waals surface area contributed by atoms with Crippen molar-refractivity contribution in [3.63, 3.8) is 0 Å². The first-order chi connectivity index (χ1) is 14.5. The number of sulfonamides is 1. The van der Waals surface area contributed by atoms with Gasteiger partial charge in [-0.1, -0.05) is 55.4 Å². The van der Waals surface area contributed by atoms with Gasteiger partial charge in [0.15, 0.2) is 5.16 Å². The normalized spacial score (nSPS) is 11.9. The number of aromatic nitrogens is 3. The molecule has 4 rings (SSSR count). The number of rotatable bonds is 8. The molecule has 2 aromatic heterocycles. The molecule has 6 nitrogen and oxygen atoms in total. The number of aryl methyl sites for hydroxylation is 1. The fraction of sp³-hybridized carbons (Fsp3) is 0.238. The van der Waals surface area contributed by atoms with Crippen LogP contribution in [0.4, 0.5) is 0 Å². The van der Waals surface area contributed by atoms with Crippen LogP contribution < -0.4 is 5.14 Å². The first-order valence-electron chi connectivity index (χ1n) is 9.61. The Morgan fingerprint density at radius 3 is 2.67 bits per heavy atom. The molecule has 0 amide bonds. The van der Waals surface area contributed by atoms with E-state index in [-0.39, 0.29) is 4.90 Å². The number of thioether (sulfide) groups is 1. The van der Waals surface area contributed by atoms with Crippen LogP contribution in [-0.2, 0) is 22.3 Å². The van der Waals surface area contributed by atoms with E-state index in [9.17, 15) is 8.42 Å². The standard InChI is InChI=1S/C21H22N4O2S3/c1-2-3-11-25-19-10-9-17(30(22,26)27)12-18(19)24-21(25)29-14-16-13-28-20(23-16)15-7-5-4-6-8-15/h4-10,12-13H,2-3,11,14H2,1H3,(H2,22,26,27). The molecule has 0 spiro atoms. The fourth-order valence-electron chi connectivity index (χ4n) is 3.13. The first kappa shape index (κ1) is 21.0. The Bertz CT molecular complexity index is 1260. The predicted octanol–water partition coefficient (Wildman–Crippen LogP) is 4.90. The molecule has 2 N–H and O–H groups in total. The molecule has 0 atom stereocenters. The van der Waals surface area contributed by atoms with Crippen LogP contribution in [0.1, 0.15) is 25.5 Å². The second-order valence-corrected chi connectivity index (χ2v) is 10.3. The van der Waals surface area contributed by atoms with Crippen molar-refractivity contribution in [2.45, 2.75) is 42.1 Å². The minimum Gasteiger partial charge on any atom is -0.319 e. The van der Waals surface area contributed by atoms with Crippen molar-refractivity contribution in [1.82, 2.24) is 14.5 Å². The van der Waals surface area contributed by atoms with E-state index in [4.69, 9.17) is 15.1 Å². The molecular formula is C21H22N4O2S3. The van der Waals surface area contributed by atoms with Gasteiger partial charge in [0.25, 0.3) is 0 Å². The molecule has 156 valence electrons. The second kappa shape index (κ2) is 8.89. The van der Waals surface area contributed by atoms with Crippen molar-refractivity contribution in [2.24, 2.45) is 5.14 Å². The number of hydrogen-bond donors (Lipinski definition) is 1. The number of primary sulfonamides is 1. The summed E-state index contributed by atoms with van der Waals surface area (Å²) in [5, 5.41) is 9.22. The van der Waals surface area contributed by atoms with Gasteiger partial charge in [-0.15, -0.1) is 11.3 Å². The lowest BCUT2D eigenvalue weighted by Gasteiger charge is -2.07. The smallest absolute Gasteiger partial charge is 0.238 e. The lowest BCUT2D eigenvalue weighted by molar-refractivity contribution is 0.597. The van der Waals surface area contributed by atoms with E-state index in [1.807, 2.05) is 18.2 Å². The largest absolute Gasteiger partial charge is 0.319 e. The van der Waals surface area contributed by atoms with Crippen LogP contribution >= 0.6 is 23.1 Å². The molecule has 0 radical (unpaired) electrons. The first-order valence-corrected chi connectivity index (χ1v) is 13.0. The summed E-state index contributed by atoms with van der Waals surface area (Å²) in [5.41, 5.74) is 3.68. The molecule has 0 saturated carbocycles. The summed E-state index contributed by atoms with van der Waals surface area (Å²) in [4.78, 5) is 9.54. The van der Waals surface area contributed by atoms with Gasteiger partial charge in [0.2, 0.25) is 10.0 Å². The molecular weight excluding hydrogens is 436 g/mol. The SMILES string of the molecule is CCCCn1c(SCc2csc(-c3ccccc3)n2)nc2cc(S(N)(=O)=O)ccc21. The van der Waals surface area contributed by atoms with Gasteiger partial charge in [-0.25, -0.2) is 23.5 Å². The number of nitrogens with zero attached hydrogens (tertiary/aromatic N) is 3. The van der Waals surface area contributed by atoms with E-state index in [0.29, 0.717) is 11.3 Å². The van der Waals surface area contributed by atoms with Gasteiger partial charge in [0.05, 0.1) is 21.6 Å². The van der Waals surface area contributed by atoms with Gasteiger partial charge >= 0.3 is 0 Å². The maximum Gasteiger partial charge on any atom is 0.238 e. The Morgan fingerprint density at radius 2 is 1.93 bits per heavy atom. The number of imidazole rings is 1. The molecule has 0 bridgehead atoms. The molecule has 0 saturated heterocycles. The Hall–Kier alpha value is -2.20. The maximum absolute atomic E-state index is 11.7. The maximum atomic E-state index is 11.7. The average molecular weight is 459 g/mol. The third-order valence-electron chi connectivity index (χ3n) is 4.67. The average Bonchev–Trinajstić information content (AvgIpc) is 3.34. The van der Waals surface area contributed by atoms with E-state index in [1.54, 1.807) is 41.3 Å². The van der Waals surface area contributed by atoms with Crippen molar-refractivity contribution in [1.29, 1.82) is 0 Å². The molecule has 0 aliphatic rings. The van der Waals surface area contributed by atoms with Crippen molar-refractivity contribution in [3.05, 3.63) is 59.6 Å². The fourth-order valence-corrected chi connectivity index (χ4v) is 5.53. The van der Waals surface area contributed by atoms with Crippen molar-refractivity contribution in [3.8, 4) is 10.6 Å². The van der Waals surface area contributed by atoms with Gasteiger partial charge in [-0.3, -0.25) is 0 Å². The van der Waals surface area contributed by atoms with Crippen molar-refractivity contribution < 1.29 is 8.42 Å². The topological polar surface area (TPSA) is 90.9 Å². The Kier molecular flexibility index (Phi) is 6.24. The van der Waals surface area contributed by atoms with Gasteiger partial charge in [-0.2, -0.15) is 0 Å². The molecule has 30 heavy (non-hydrogen) atoms. The van der Waals surface area contributed by atoms with Gasteiger partial charge in [0, 0.05) is 23.2 Å². The highest BCUT2D eigenvalue weighted by atomic mass is 32.2. The number of fused-ring (bicyclic) bond motifs is 1. The van der Waals surface area contributed by atoms with Crippen LogP contribution in [-0.4, -0.2) is 23.0 Å². The highest BCUT2D eigenvalue weighted by Crippen LogP contribution is 2.30. The number of benzene rings is 2. The quantitative estimate of drug-likeness (QED) is 0.379. The summed E-state index contributed by atoms with van der Waals surface area (Å²) < 4.78 is 25.6. The lowest BCUT2D eigenvalue weighted by atomic mass is 10.2. The van der Waals surface area contributed by atoms with E-state index < -0.39 is 10.0 Å². The number of unbranched alkanes of at least 4 members (excludes halogenated alkanes) is 1. The highest BCUT2D eigenvalue weighted by molar-refractivity contribution is 7.98. The van der Waals surface area contributed by atoms with Gasteiger partial charge < -0.3 is 4.57 Å². The Labute approximate surface area is 184 Å². The zero-order chi connectivity index (χ0) is 21.1. The van der Waals surface area contributed by atoms with E-state index >= 15 is 0 Å². The van der Waals surface area contributed by atoms with Crippen LogP contribution in [0.5, 0.6) is 0 Å². The summed E-state index contributed by atoms with van der Waals surface area (Å²) in [6.07, 6.45) is 2.08. The zero-order valence-corrected chi connectivity index (χ0v) is 18.9. The lowest BCUT2D eigenvalue weighted by Crippen LogP contribution is -2.11. The zero-order valence-electron chi connectivity index (χ0n) is 16.5. The molecule has 0 aliphatic heterocycles. The van der Waals surface area contributed by atoms with Gasteiger partial charge in [-0.05, 0) is 24.6 Å². The Balaban J connectivity index is 1.60. The van der Waals surface area contributed by atoms with Crippen LogP contribution in [0.15, 0.2) is 64.0 Å². The third kappa shape index (κ3) is 4.59. The minimum atomic E-state index is -3.76. The molecule has 0 unspecified atom stereocenters. The third-order valence-corrected chi connectivity index (χ3v) is 7.53. The molecule has 0 fully saturated rings. The van der Waals surface area contributed by atoms with Crippen LogP contribution in [0.25, 0.3) is 21.6 Å². The van der Waals surface area contributed by atoms with Crippen LogP contribution in [0, 0.1) is 0 Å². The molecule has 4 aromatic rings. The number of thiazole rings is 1. The van der Waals surface area contributed by atoms with Gasteiger partial charge in [0.1, 0.15) is 5.01 Å². The van der Waals surface area contributed by atoms with E-state index in [2.05, 4.69) is 29.0 Å².